The van der Waals surface area contributed by atoms with E-state index in [0.717, 1.165) is 6.42 Å². The van der Waals surface area contributed by atoms with E-state index < -0.39 is 11.4 Å². The molecule has 1 unspecified atom stereocenters. The molecule has 3 nitrogen and oxygen atoms in total. The van der Waals surface area contributed by atoms with Crippen molar-refractivity contribution in [1.29, 1.82) is 0 Å². The largest absolute Gasteiger partial charge is 0.380 e. The predicted molar refractivity (Wildman–Crippen MR) is 84.2 cm³/mol. The maximum atomic E-state index is 10.5. The van der Waals surface area contributed by atoms with E-state index in [1.54, 1.807) is 12.1 Å². The molecule has 0 saturated heterocycles. The minimum Gasteiger partial charge on any atom is -0.380 e. The van der Waals surface area contributed by atoms with Gasteiger partial charge in [0.15, 0.2) is 0 Å². The highest BCUT2D eigenvalue weighted by atomic mass is 32.2. The second-order valence-electron chi connectivity index (χ2n) is 5.17. The molecule has 0 aliphatic rings. The third kappa shape index (κ3) is 8.33. The van der Waals surface area contributed by atoms with Crippen LogP contribution >= 0.6 is 0 Å². The SMILES string of the molecule is CCCCCCCCCCc1ccc(OS(=O)O)cc1. The van der Waals surface area contributed by atoms with Gasteiger partial charge in [0, 0.05) is 0 Å². The van der Waals surface area contributed by atoms with Crippen molar-refractivity contribution in [3.63, 3.8) is 0 Å². The lowest BCUT2D eigenvalue weighted by Gasteiger charge is -2.04. The standard InChI is InChI=1S/C16H26O3S/c1-2-3-4-5-6-7-8-9-10-15-11-13-16(14-12-15)19-20(17)18/h11-14H,2-10H2,1H3,(H,17,18). The van der Waals surface area contributed by atoms with Crippen LogP contribution in [0.3, 0.4) is 0 Å². The molecule has 0 bridgehead atoms. The van der Waals surface area contributed by atoms with E-state index in [2.05, 4.69) is 11.1 Å². The molecule has 114 valence electrons. The van der Waals surface area contributed by atoms with Crippen LogP contribution in [-0.4, -0.2) is 8.76 Å². The minimum absolute atomic E-state index is 0.436. The van der Waals surface area contributed by atoms with Crippen molar-refractivity contribution in [2.45, 2.75) is 64.7 Å². The van der Waals surface area contributed by atoms with Gasteiger partial charge in [-0.3, -0.25) is 4.55 Å². The van der Waals surface area contributed by atoms with Gasteiger partial charge < -0.3 is 4.18 Å². The zero-order chi connectivity index (χ0) is 14.6. The Morgan fingerprint density at radius 1 is 0.950 bits per heavy atom. The molecule has 4 heteroatoms. The smallest absolute Gasteiger partial charge is 0.357 e. The minimum atomic E-state index is -2.24. The molecule has 1 rings (SSSR count). The zero-order valence-corrected chi connectivity index (χ0v) is 13.2. The van der Waals surface area contributed by atoms with Crippen LogP contribution in [0.4, 0.5) is 0 Å². The molecule has 0 saturated carbocycles. The maximum absolute atomic E-state index is 10.5. The Labute approximate surface area is 125 Å². The van der Waals surface area contributed by atoms with E-state index in [1.165, 1.54) is 56.9 Å². The molecular formula is C16H26O3S. The molecule has 0 aliphatic heterocycles. The van der Waals surface area contributed by atoms with Crippen molar-refractivity contribution in [3.05, 3.63) is 29.8 Å². The van der Waals surface area contributed by atoms with Crippen molar-refractivity contribution in [2.24, 2.45) is 0 Å². The van der Waals surface area contributed by atoms with E-state index in [1.807, 2.05) is 12.1 Å². The fraction of sp³-hybridized carbons (Fsp3) is 0.625. The molecule has 20 heavy (non-hydrogen) atoms. The average molecular weight is 298 g/mol. The van der Waals surface area contributed by atoms with Gasteiger partial charge >= 0.3 is 11.4 Å². The number of hydrogen-bond acceptors (Lipinski definition) is 2. The highest BCUT2D eigenvalue weighted by molar-refractivity contribution is 7.74. The first-order valence-electron chi connectivity index (χ1n) is 7.60. The molecule has 0 spiro atoms. The Morgan fingerprint density at radius 3 is 2.05 bits per heavy atom. The van der Waals surface area contributed by atoms with E-state index in [0.29, 0.717) is 5.75 Å². The summed E-state index contributed by atoms with van der Waals surface area (Å²) in [5, 5.41) is 0. The van der Waals surface area contributed by atoms with Crippen molar-refractivity contribution >= 4 is 11.4 Å². The average Bonchev–Trinajstić information content (AvgIpc) is 2.43. The number of benzene rings is 1. The molecule has 0 amide bonds. The Morgan fingerprint density at radius 2 is 1.50 bits per heavy atom. The monoisotopic (exact) mass is 298 g/mol. The van der Waals surface area contributed by atoms with Gasteiger partial charge in [-0.2, -0.15) is 4.21 Å². The number of rotatable bonds is 11. The van der Waals surface area contributed by atoms with Gasteiger partial charge in [0.05, 0.1) is 0 Å². The fourth-order valence-electron chi connectivity index (χ4n) is 2.26. The summed E-state index contributed by atoms with van der Waals surface area (Å²) in [6.07, 6.45) is 11.7. The maximum Gasteiger partial charge on any atom is 0.357 e. The normalized spacial score (nSPS) is 12.3. The van der Waals surface area contributed by atoms with Crippen molar-refractivity contribution in [1.82, 2.24) is 0 Å². The van der Waals surface area contributed by atoms with Gasteiger partial charge in [0.2, 0.25) is 0 Å². The van der Waals surface area contributed by atoms with Crippen molar-refractivity contribution in [2.75, 3.05) is 0 Å². The summed E-state index contributed by atoms with van der Waals surface area (Å²) < 4.78 is 23.8. The molecule has 1 aromatic carbocycles. The van der Waals surface area contributed by atoms with Crippen molar-refractivity contribution < 1.29 is 12.9 Å². The van der Waals surface area contributed by atoms with E-state index in [4.69, 9.17) is 4.55 Å². The molecule has 1 aromatic rings. The number of aryl methyl sites for hydroxylation is 1. The lowest BCUT2D eigenvalue weighted by Crippen LogP contribution is -1.97. The van der Waals surface area contributed by atoms with Crippen LogP contribution < -0.4 is 4.18 Å². The second-order valence-corrected chi connectivity index (χ2v) is 5.77. The molecule has 0 radical (unpaired) electrons. The van der Waals surface area contributed by atoms with Gasteiger partial charge in [-0.15, -0.1) is 0 Å². The van der Waals surface area contributed by atoms with Gasteiger partial charge in [-0.1, -0.05) is 64.0 Å². The van der Waals surface area contributed by atoms with Crippen LogP contribution in [0.25, 0.3) is 0 Å². The Bertz CT molecular complexity index is 376. The van der Waals surface area contributed by atoms with Gasteiger partial charge in [-0.05, 0) is 30.5 Å². The lowest BCUT2D eigenvalue weighted by atomic mass is 10.0. The van der Waals surface area contributed by atoms with Crippen LogP contribution in [0.1, 0.15) is 63.9 Å². The molecule has 0 fully saturated rings. The van der Waals surface area contributed by atoms with Crippen LogP contribution in [0.2, 0.25) is 0 Å². The molecular weight excluding hydrogens is 272 g/mol. The lowest BCUT2D eigenvalue weighted by molar-refractivity contribution is 0.458. The first kappa shape index (κ1) is 17.2. The van der Waals surface area contributed by atoms with E-state index in [9.17, 15) is 4.21 Å². The molecule has 1 N–H and O–H groups in total. The summed E-state index contributed by atoms with van der Waals surface area (Å²) in [6.45, 7) is 2.24. The molecule has 0 heterocycles. The Balaban J connectivity index is 2.08. The third-order valence-electron chi connectivity index (χ3n) is 3.41. The Hall–Kier alpha value is -0.870. The topological polar surface area (TPSA) is 46.5 Å². The number of hydrogen-bond donors (Lipinski definition) is 1. The summed E-state index contributed by atoms with van der Waals surface area (Å²) in [4.78, 5) is 0. The number of unbranched alkanes of at least 4 members (excludes halogenated alkanes) is 7. The van der Waals surface area contributed by atoms with Crippen LogP contribution in [0, 0.1) is 0 Å². The zero-order valence-electron chi connectivity index (χ0n) is 12.3. The first-order chi connectivity index (χ1) is 9.72. The molecule has 0 aromatic heterocycles. The predicted octanol–water partition coefficient (Wildman–Crippen LogP) is 4.89. The van der Waals surface area contributed by atoms with E-state index in [-0.39, 0.29) is 0 Å². The quantitative estimate of drug-likeness (QED) is 0.467. The van der Waals surface area contributed by atoms with Crippen LogP contribution in [0.5, 0.6) is 5.75 Å². The summed E-state index contributed by atoms with van der Waals surface area (Å²) in [5.74, 6) is 0.436. The van der Waals surface area contributed by atoms with Crippen molar-refractivity contribution in [3.8, 4) is 5.75 Å². The van der Waals surface area contributed by atoms with Crippen LogP contribution in [-0.2, 0) is 17.8 Å². The third-order valence-corrected chi connectivity index (χ3v) is 3.74. The highest BCUT2D eigenvalue weighted by Gasteiger charge is 1.99. The van der Waals surface area contributed by atoms with Gasteiger partial charge in [0.1, 0.15) is 5.75 Å². The molecule has 1 atom stereocenters. The summed E-state index contributed by atoms with van der Waals surface area (Å²) in [7, 11) is 0. The fourth-order valence-corrected chi connectivity index (χ4v) is 2.53. The van der Waals surface area contributed by atoms with Gasteiger partial charge in [0.25, 0.3) is 0 Å². The first-order valence-corrected chi connectivity index (χ1v) is 8.63. The van der Waals surface area contributed by atoms with E-state index >= 15 is 0 Å². The summed E-state index contributed by atoms with van der Waals surface area (Å²) in [5.41, 5.74) is 1.26. The Kier molecular flexibility index (Phi) is 9.33. The summed E-state index contributed by atoms with van der Waals surface area (Å²) in [6, 6.07) is 7.41. The van der Waals surface area contributed by atoms with Gasteiger partial charge in [-0.25, -0.2) is 0 Å². The molecule has 0 aliphatic carbocycles. The van der Waals surface area contributed by atoms with Crippen LogP contribution in [0.15, 0.2) is 24.3 Å². The second kappa shape index (κ2) is 10.9. The highest BCUT2D eigenvalue weighted by Crippen LogP contribution is 2.15. The summed E-state index contributed by atoms with van der Waals surface area (Å²) >= 11 is -2.24.